The van der Waals surface area contributed by atoms with Gasteiger partial charge in [0.1, 0.15) is 0 Å². The average Bonchev–Trinajstić information content (AvgIpc) is 2.36. The molecule has 0 aliphatic carbocycles. The fourth-order valence-electron chi connectivity index (χ4n) is 2.41. The normalized spacial score (nSPS) is 23.0. The van der Waals surface area contributed by atoms with Gasteiger partial charge in [-0.3, -0.25) is 0 Å². The molecular weight excluding hydrogens is 216 g/mol. The maximum Gasteiger partial charge on any atom is 0.339 e. The Morgan fingerprint density at radius 3 is 2.94 bits per heavy atom. The van der Waals surface area contributed by atoms with Gasteiger partial charge in [0.2, 0.25) is 0 Å². The molecule has 0 saturated heterocycles. The van der Waals surface area contributed by atoms with Crippen molar-refractivity contribution in [2.24, 2.45) is 0 Å². The highest BCUT2D eigenvalue weighted by atomic mass is 16.6. The predicted octanol–water partition coefficient (Wildman–Crippen LogP) is 2.42. The van der Waals surface area contributed by atoms with Gasteiger partial charge in [-0.1, -0.05) is 25.1 Å². The molecule has 92 valence electrons. The second-order valence-electron chi connectivity index (χ2n) is 4.39. The summed E-state index contributed by atoms with van der Waals surface area (Å²) in [7, 11) is 1.40. The molecule has 3 nitrogen and oxygen atoms in total. The highest BCUT2D eigenvalue weighted by Gasteiger charge is 2.32. The van der Waals surface area contributed by atoms with E-state index in [0.717, 1.165) is 18.4 Å². The minimum absolute atomic E-state index is 0.0549. The molecule has 0 bridgehead atoms. The SMILES string of the molecule is CCc1cccc2c1C[C@@H](C)OC2C(=O)OC. The Morgan fingerprint density at radius 1 is 1.53 bits per heavy atom. The number of fused-ring (bicyclic) bond motifs is 1. The van der Waals surface area contributed by atoms with Gasteiger partial charge in [-0.05, 0) is 36.5 Å². The molecule has 1 aromatic carbocycles. The number of carbonyl (C=O) groups is 1. The molecule has 1 heterocycles. The molecule has 3 heteroatoms. The fourth-order valence-corrected chi connectivity index (χ4v) is 2.41. The van der Waals surface area contributed by atoms with Crippen LogP contribution in [0.1, 0.15) is 36.6 Å². The summed E-state index contributed by atoms with van der Waals surface area (Å²) < 4.78 is 10.5. The molecule has 0 saturated carbocycles. The summed E-state index contributed by atoms with van der Waals surface area (Å²) in [4.78, 5) is 11.7. The first-order chi connectivity index (χ1) is 8.17. The maximum atomic E-state index is 11.7. The zero-order valence-electron chi connectivity index (χ0n) is 10.5. The van der Waals surface area contributed by atoms with Crippen LogP contribution in [0.2, 0.25) is 0 Å². The van der Waals surface area contributed by atoms with Gasteiger partial charge in [-0.2, -0.15) is 0 Å². The average molecular weight is 234 g/mol. The van der Waals surface area contributed by atoms with E-state index in [1.165, 1.54) is 18.2 Å². The van der Waals surface area contributed by atoms with Crippen molar-refractivity contribution in [3.63, 3.8) is 0 Å². The predicted molar refractivity (Wildman–Crippen MR) is 64.8 cm³/mol. The van der Waals surface area contributed by atoms with Crippen molar-refractivity contribution < 1.29 is 14.3 Å². The molecule has 2 atom stereocenters. The van der Waals surface area contributed by atoms with Gasteiger partial charge in [-0.15, -0.1) is 0 Å². The number of carbonyl (C=O) groups excluding carboxylic acids is 1. The van der Waals surface area contributed by atoms with Crippen LogP contribution in [0.5, 0.6) is 0 Å². The van der Waals surface area contributed by atoms with Gasteiger partial charge in [0.15, 0.2) is 6.10 Å². The highest BCUT2D eigenvalue weighted by molar-refractivity contribution is 5.77. The van der Waals surface area contributed by atoms with Crippen molar-refractivity contribution in [2.75, 3.05) is 7.11 Å². The largest absolute Gasteiger partial charge is 0.467 e. The lowest BCUT2D eigenvalue weighted by molar-refractivity contribution is -0.159. The van der Waals surface area contributed by atoms with Crippen LogP contribution in [0.15, 0.2) is 18.2 Å². The van der Waals surface area contributed by atoms with Crippen molar-refractivity contribution in [3.05, 3.63) is 34.9 Å². The van der Waals surface area contributed by atoms with Crippen molar-refractivity contribution >= 4 is 5.97 Å². The monoisotopic (exact) mass is 234 g/mol. The van der Waals surface area contributed by atoms with Crippen LogP contribution in [-0.4, -0.2) is 19.2 Å². The van der Waals surface area contributed by atoms with E-state index in [-0.39, 0.29) is 12.1 Å². The molecule has 0 fully saturated rings. The van der Waals surface area contributed by atoms with Gasteiger partial charge in [0.05, 0.1) is 13.2 Å². The third-order valence-electron chi connectivity index (χ3n) is 3.25. The Morgan fingerprint density at radius 2 is 2.29 bits per heavy atom. The van der Waals surface area contributed by atoms with E-state index in [0.29, 0.717) is 0 Å². The lowest BCUT2D eigenvalue weighted by Gasteiger charge is -2.30. The summed E-state index contributed by atoms with van der Waals surface area (Å²) in [6, 6.07) is 6.06. The smallest absolute Gasteiger partial charge is 0.339 e. The number of esters is 1. The van der Waals surface area contributed by atoms with E-state index in [4.69, 9.17) is 9.47 Å². The van der Waals surface area contributed by atoms with Crippen LogP contribution in [0.3, 0.4) is 0 Å². The van der Waals surface area contributed by atoms with Gasteiger partial charge in [0, 0.05) is 0 Å². The number of hydrogen-bond donors (Lipinski definition) is 0. The Bertz CT molecular complexity index is 425. The first-order valence-corrected chi connectivity index (χ1v) is 6.01. The lowest BCUT2D eigenvalue weighted by Crippen LogP contribution is -2.30. The third kappa shape index (κ3) is 2.20. The van der Waals surface area contributed by atoms with Crippen molar-refractivity contribution in [3.8, 4) is 0 Å². The summed E-state index contributed by atoms with van der Waals surface area (Å²) >= 11 is 0. The van der Waals surface area contributed by atoms with Gasteiger partial charge < -0.3 is 9.47 Å². The lowest BCUT2D eigenvalue weighted by atomic mass is 9.89. The minimum atomic E-state index is -0.565. The Hall–Kier alpha value is -1.35. The zero-order valence-corrected chi connectivity index (χ0v) is 10.5. The number of ether oxygens (including phenoxy) is 2. The van der Waals surface area contributed by atoms with Crippen molar-refractivity contribution in [2.45, 2.75) is 38.9 Å². The van der Waals surface area contributed by atoms with E-state index in [1.54, 1.807) is 0 Å². The van der Waals surface area contributed by atoms with E-state index in [2.05, 4.69) is 13.0 Å². The minimum Gasteiger partial charge on any atom is -0.467 e. The van der Waals surface area contributed by atoms with Crippen LogP contribution in [-0.2, 0) is 27.1 Å². The van der Waals surface area contributed by atoms with Gasteiger partial charge in [0.25, 0.3) is 0 Å². The first kappa shape index (κ1) is 12.1. The molecule has 1 aliphatic heterocycles. The van der Waals surface area contributed by atoms with E-state index in [1.807, 2.05) is 19.1 Å². The summed E-state index contributed by atoms with van der Waals surface area (Å²) in [5.74, 6) is -0.314. The first-order valence-electron chi connectivity index (χ1n) is 6.01. The number of hydrogen-bond acceptors (Lipinski definition) is 3. The molecule has 0 aromatic heterocycles. The summed E-state index contributed by atoms with van der Waals surface area (Å²) in [5.41, 5.74) is 3.52. The van der Waals surface area contributed by atoms with Crippen molar-refractivity contribution in [1.82, 2.24) is 0 Å². The molecule has 1 aromatic rings. The van der Waals surface area contributed by atoms with Crippen LogP contribution in [0.25, 0.3) is 0 Å². The molecule has 17 heavy (non-hydrogen) atoms. The molecule has 1 unspecified atom stereocenters. The van der Waals surface area contributed by atoms with Gasteiger partial charge in [-0.25, -0.2) is 4.79 Å². The number of rotatable bonds is 2. The molecule has 1 aliphatic rings. The highest BCUT2D eigenvalue weighted by Crippen LogP contribution is 2.33. The second kappa shape index (κ2) is 4.88. The maximum absolute atomic E-state index is 11.7. The standard InChI is InChI=1S/C14H18O3/c1-4-10-6-5-7-11-12(10)8-9(2)17-13(11)14(15)16-3/h5-7,9,13H,4,8H2,1-3H3/t9-,13?/m1/s1. The van der Waals surface area contributed by atoms with Crippen LogP contribution >= 0.6 is 0 Å². The van der Waals surface area contributed by atoms with Crippen molar-refractivity contribution in [1.29, 1.82) is 0 Å². The van der Waals surface area contributed by atoms with E-state index < -0.39 is 6.10 Å². The number of aryl methyl sites for hydroxylation is 1. The quantitative estimate of drug-likeness (QED) is 0.737. The van der Waals surface area contributed by atoms with Gasteiger partial charge >= 0.3 is 5.97 Å². The molecule has 0 N–H and O–H groups in total. The number of benzene rings is 1. The topological polar surface area (TPSA) is 35.5 Å². The Kier molecular flexibility index (Phi) is 3.48. The van der Waals surface area contributed by atoms with E-state index >= 15 is 0 Å². The molecule has 0 radical (unpaired) electrons. The van der Waals surface area contributed by atoms with Crippen LogP contribution in [0, 0.1) is 0 Å². The summed E-state index contributed by atoms with van der Waals surface area (Å²) in [5, 5.41) is 0. The molecule has 0 spiro atoms. The second-order valence-corrected chi connectivity index (χ2v) is 4.39. The zero-order chi connectivity index (χ0) is 12.4. The van der Waals surface area contributed by atoms with E-state index in [9.17, 15) is 4.79 Å². The number of methoxy groups -OCH3 is 1. The molecule has 2 rings (SSSR count). The molecule has 0 amide bonds. The van der Waals surface area contributed by atoms with Crippen LogP contribution < -0.4 is 0 Å². The fraction of sp³-hybridized carbons (Fsp3) is 0.500. The Labute approximate surface area is 102 Å². The third-order valence-corrected chi connectivity index (χ3v) is 3.25. The summed E-state index contributed by atoms with van der Waals surface area (Å²) in [6.45, 7) is 4.12. The molecular formula is C14H18O3. The summed E-state index contributed by atoms with van der Waals surface area (Å²) in [6.07, 6.45) is 1.33. The van der Waals surface area contributed by atoms with Crippen LogP contribution in [0.4, 0.5) is 0 Å². The Balaban J connectivity index is 2.46.